The standard InChI is InChI=1S/C12H17NO2/c1-2-9-7-12(15)13(8-9)10-3-5-11(14)6-4-10/h1,9-11,14H,3-8H2. The van der Waals surface area contributed by atoms with Crippen LogP contribution in [0.4, 0.5) is 0 Å². The Morgan fingerprint density at radius 2 is 2.00 bits per heavy atom. The average Bonchev–Trinajstić information content (AvgIpc) is 2.61. The van der Waals surface area contributed by atoms with Crippen LogP contribution in [0, 0.1) is 18.3 Å². The summed E-state index contributed by atoms with van der Waals surface area (Å²) in [6.45, 7) is 0.718. The number of terminal acetylenes is 1. The lowest BCUT2D eigenvalue weighted by Crippen LogP contribution is -2.40. The molecule has 0 aromatic heterocycles. The first kappa shape index (κ1) is 10.5. The van der Waals surface area contributed by atoms with Gasteiger partial charge in [-0.15, -0.1) is 12.3 Å². The maximum Gasteiger partial charge on any atom is 0.224 e. The van der Waals surface area contributed by atoms with Crippen molar-refractivity contribution in [2.75, 3.05) is 6.54 Å². The summed E-state index contributed by atoms with van der Waals surface area (Å²) in [6.07, 6.45) is 9.16. The molecule has 1 aliphatic carbocycles. The third-order valence-corrected chi connectivity index (χ3v) is 3.50. The quantitative estimate of drug-likeness (QED) is 0.645. The number of nitrogens with zero attached hydrogens (tertiary/aromatic N) is 1. The van der Waals surface area contributed by atoms with E-state index in [1.807, 2.05) is 4.90 Å². The number of amides is 1. The second kappa shape index (κ2) is 4.24. The molecule has 0 aromatic rings. The number of carbonyl (C=O) groups excluding carboxylic acids is 1. The summed E-state index contributed by atoms with van der Waals surface area (Å²) >= 11 is 0. The molecule has 82 valence electrons. The highest BCUT2D eigenvalue weighted by Crippen LogP contribution is 2.28. The summed E-state index contributed by atoms with van der Waals surface area (Å²) < 4.78 is 0. The van der Waals surface area contributed by atoms with Gasteiger partial charge in [0.15, 0.2) is 0 Å². The van der Waals surface area contributed by atoms with E-state index in [1.54, 1.807) is 0 Å². The van der Waals surface area contributed by atoms with E-state index in [9.17, 15) is 9.90 Å². The Hall–Kier alpha value is -1.01. The van der Waals surface area contributed by atoms with Crippen molar-refractivity contribution in [1.29, 1.82) is 0 Å². The molecule has 3 heteroatoms. The van der Waals surface area contributed by atoms with Crippen LogP contribution in [0.5, 0.6) is 0 Å². The van der Waals surface area contributed by atoms with Crippen molar-refractivity contribution in [3.05, 3.63) is 0 Å². The van der Waals surface area contributed by atoms with Gasteiger partial charge in [0.2, 0.25) is 5.91 Å². The van der Waals surface area contributed by atoms with Crippen LogP contribution in [-0.4, -0.2) is 34.6 Å². The van der Waals surface area contributed by atoms with E-state index in [0.717, 1.165) is 32.2 Å². The van der Waals surface area contributed by atoms with Gasteiger partial charge in [-0.25, -0.2) is 0 Å². The van der Waals surface area contributed by atoms with Gasteiger partial charge in [-0.2, -0.15) is 0 Å². The maximum absolute atomic E-state index is 11.7. The van der Waals surface area contributed by atoms with Crippen LogP contribution in [-0.2, 0) is 4.79 Å². The molecule has 0 aromatic carbocycles. The summed E-state index contributed by atoms with van der Waals surface area (Å²) in [4.78, 5) is 13.6. The molecule has 2 aliphatic rings. The molecule has 0 spiro atoms. The zero-order valence-corrected chi connectivity index (χ0v) is 8.85. The molecule has 1 N–H and O–H groups in total. The van der Waals surface area contributed by atoms with Crippen LogP contribution in [0.3, 0.4) is 0 Å². The Morgan fingerprint density at radius 1 is 1.33 bits per heavy atom. The summed E-state index contributed by atoms with van der Waals surface area (Å²) in [5.74, 6) is 2.96. The Bertz CT molecular complexity index is 286. The Morgan fingerprint density at radius 3 is 2.53 bits per heavy atom. The molecular formula is C12H17NO2. The summed E-state index contributed by atoms with van der Waals surface area (Å²) in [6, 6.07) is 0.319. The third-order valence-electron chi connectivity index (χ3n) is 3.50. The van der Waals surface area contributed by atoms with Crippen molar-refractivity contribution in [2.45, 2.75) is 44.2 Å². The van der Waals surface area contributed by atoms with E-state index in [2.05, 4.69) is 5.92 Å². The summed E-state index contributed by atoms with van der Waals surface area (Å²) in [7, 11) is 0. The Balaban J connectivity index is 1.94. The fourth-order valence-electron chi connectivity index (χ4n) is 2.57. The smallest absolute Gasteiger partial charge is 0.224 e. The molecule has 1 aliphatic heterocycles. The first-order valence-corrected chi connectivity index (χ1v) is 5.64. The van der Waals surface area contributed by atoms with Gasteiger partial charge in [0.1, 0.15) is 0 Å². The zero-order chi connectivity index (χ0) is 10.8. The highest BCUT2D eigenvalue weighted by molar-refractivity contribution is 5.79. The third kappa shape index (κ3) is 2.15. The Kier molecular flexibility index (Phi) is 2.97. The van der Waals surface area contributed by atoms with Gasteiger partial charge in [-0.05, 0) is 25.7 Å². The van der Waals surface area contributed by atoms with Crippen LogP contribution in [0.2, 0.25) is 0 Å². The van der Waals surface area contributed by atoms with Crippen molar-refractivity contribution in [1.82, 2.24) is 4.90 Å². The topological polar surface area (TPSA) is 40.5 Å². The van der Waals surface area contributed by atoms with E-state index in [1.165, 1.54) is 0 Å². The summed E-state index contributed by atoms with van der Waals surface area (Å²) in [5.41, 5.74) is 0. The molecule has 1 saturated carbocycles. The fourth-order valence-corrected chi connectivity index (χ4v) is 2.57. The van der Waals surface area contributed by atoms with Gasteiger partial charge < -0.3 is 10.0 Å². The minimum absolute atomic E-state index is 0.101. The second-order valence-corrected chi connectivity index (χ2v) is 4.58. The molecule has 1 atom stereocenters. The minimum Gasteiger partial charge on any atom is -0.393 e. The van der Waals surface area contributed by atoms with E-state index < -0.39 is 0 Å². The minimum atomic E-state index is -0.164. The van der Waals surface area contributed by atoms with Crippen molar-refractivity contribution in [3.8, 4) is 12.3 Å². The summed E-state index contributed by atoms with van der Waals surface area (Å²) in [5, 5.41) is 9.40. The van der Waals surface area contributed by atoms with Gasteiger partial charge in [-0.1, -0.05) is 0 Å². The molecule has 15 heavy (non-hydrogen) atoms. The fraction of sp³-hybridized carbons (Fsp3) is 0.750. The zero-order valence-electron chi connectivity index (χ0n) is 8.85. The van der Waals surface area contributed by atoms with E-state index in [0.29, 0.717) is 12.5 Å². The number of hydrogen-bond acceptors (Lipinski definition) is 2. The van der Waals surface area contributed by atoms with Crippen molar-refractivity contribution in [3.63, 3.8) is 0 Å². The van der Waals surface area contributed by atoms with Crippen LogP contribution in [0.25, 0.3) is 0 Å². The molecule has 3 nitrogen and oxygen atoms in total. The van der Waals surface area contributed by atoms with Gasteiger partial charge in [0.05, 0.1) is 6.10 Å². The SMILES string of the molecule is C#CC1CC(=O)N(C2CCC(O)CC2)C1. The lowest BCUT2D eigenvalue weighted by atomic mass is 9.92. The normalized spacial score (nSPS) is 36.7. The molecule has 2 rings (SSSR count). The van der Waals surface area contributed by atoms with E-state index in [4.69, 9.17) is 6.42 Å². The second-order valence-electron chi connectivity index (χ2n) is 4.58. The van der Waals surface area contributed by atoms with Gasteiger partial charge in [-0.3, -0.25) is 4.79 Å². The predicted molar refractivity (Wildman–Crippen MR) is 56.9 cm³/mol. The monoisotopic (exact) mass is 207 g/mol. The van der Waals surface area contributed by atoms with Crippen LogP contribution < -0.4 is 0 Å². The average molecular weight is 207 g/mol. The number of aliphatic hydroxyl groups excluding tert-OH is 1. The molecule has 1 saturated heterocycles. The van der Waals surface area contributed by atoms with Gasteiger partial charge >= 0.3 is 0 Å². The number of hydrogen-bond donors (Lipinski definition) is 1. The maximum atomic E-state index is 11.7. The van der Waals surface area contributed by atoms with Crippen LogP contribution >= 0.6 is 0 Å². The van der Waals surface area contributed by atoms with Crippen molar-refractivity contribution in [2.24, 2.45) is 5.92 Å². The van der Waals surface area contributed by atoms with Crippen molar-refractivity contribution >= 4 is 5.91 Å². The highest BCUT2D eigenvalue weighted by Gasteiger charge is 2.34. The highest BCUT2D eigenvalue weighted by atomic mass is 16.3. The first-order valence-electron chi connectivity index (χ1n) is 5.64. The first-order chi connectivity index (χ1) is 7.20. The lowest BCUT2D eigenvalue weighted by Gasteiger charge is -2.33. The largest absolute Gasteiger partial charge is 0.393 e. The van der Waals surface area contributed by atoms with Gasteiger partial charge in [0.25, 0.3) is 0 Å². The van der Waals surface area contributed by atoms with Crippen LogP contribution in [0.1, 0.15) is 32.1 Å². The molecular weight excluding hydrogens is 190 g/mol. The van der Waals surface area contributed by atoms with Gasteiger partial charge in [0, 0.05) is 24.9 Å². The molecule has 2 fully saturated rings. The van der Waals surface area contributed by atoms with E-state index >= 15 is 0 Å². The Labute approximate surface area is 90.5 Å². The van der Waals surface area contributed by atoms with Crippen molar-refractivity contribution < 1.29 is 9.90 Å². The number of aliphatic hydroxyl groups is 1. The molecule has 1 heterocycles. The van der Waals surface area contributed by atoms with E-state index in [-0.39, 0.29) is 17.9 Å². The number of likely N-dealkylation sites (tertiary alicyclic amines) is 1. The molecule has 1 unspecified atom stereocenters. The molecule has 1 amide bonds. The van der Waals surface area contributed by atoms with Crippen LogP contribution in [0.15, 0.2) is 0 Å². The number of carbonyl (C=O) groups is 1. The molecule has 0 bridgehead atoms. The number of rotatable bonds is 1. The lowest BCUT2D eigenvalue weighted by molar-refractivity contribution is -0.130. The predicted octanol–water partition coefficient (Wildman–Crippen LogP) is 0.772. The molecule has 0 radical (unpaired) electrons.